The first-order valence-electron chi connectivity index (χ1n) is 6.14. The molecule has 1 fully saturated rings. The Balaban J connectivity index is 2.52. The summed E-state index contributed by atoms with van der Waals surface area (Å²) in [5.41, 5.74) is -1.57. The van der Waals surface area contributed by atoms with Crippen molar-refractivity contribution < 1.29 is 14.3 Å². The third kappa shape index (κ3) is 2.67. The van der Waals surface area contributed by atoms with Gasteiger partial charge in [0.15, 0.2) is 5.78 Å². The fourth-order valence-electron chi connectivity index (χ4n) is 1.83. The van der Waals surface area contributed by atoms with Gasteiger partial charge in [-0.3, -0.25) is 4.79 Å². The van der Waals surface area contributed by atoms with Crippen molar-refractivity contribution in [3.8, 4) is 6.07 Å². The van der Waals surface area contributed by atoms with E-state index in [2.05, 4.69) is 4.99 Å². The average molecular weight is 323 g/mol. The Morgan fingerprint density at radius 3 is 2.90 bits per heavy atom. The van der Waals surface area contributed by atoms with E-state index in [1.807, 2.05) is 0 Å². The van der Waals surface area contributed by atoms with Crippen LogP contribution in [0.1, 0.15) is 6.92 Å². The van der Waals surface area contributed by atoms with Crippen LogP contribution in [-0.4, -0.2) is 29.2 Å². The molecule has 7 heteroatoms. The van der Waals surface area contributed by atoms with Crippen molar-refractivity contribution in [1.82, 2.24) is 0 Å². The van der Waals surface area contributed by atoms with Gasteiger partial charge in [0.2, 0.25) is 0 Å². The van der Waals surface area contributed by atoms with Crippen molar-refractivity contribution in [3.63, 3.8) is 0 Å². The number of thioether (sulfide) groups is 1. The number of hydrogen-bond acceptors (Lipinski definition) is 6. The minimum absolute atomic E-state index is 0.00958. The van der Waals surface area contributed by atoms with Crippen LogP contribution in [0, 0.1) is 16.7 Å². The van der Waals surface area contributed by atoms with Crippen LogP contribution < -0.4 is 0 Å². The van der Waals surface area contributed by atoms with E-state index < -0.39 is 17.2 Å². The zero-order valence-electron chi connectivity index (χ0n) is 11.1. The Bertz CT molecular complexity index is 668. The summed E-state index contributed by atoms with van der Waals surface area (Å²) in [6, 6.07) is 8.53. The molecular weight excluding hydrogens is 312 g/mol. The van der Waals surface area contributed by atoms with Crippen LogP contribution in [0.25, 0.3) is 0 Å². The van der Waals surface area contributed by atoms with E-state index in [0.29, 0.717) is 10.7 Å². The molecule has 108 valence electrons. The fourth-order valence-corrected chi connectivity index (χ4v) is 3.12. The van der Waals surface area contributed by atoms with Crippen molar-refractivity contribution in [1.29, 1.82) is 5.26 Å². The third-order valence-corrected chi connectivity index (χ3v) is 4.30. The summed E-state index contributed by atoms with van der Waals surface area (Å²) in [6.07, 6.45) is 0. The van der Waals surface area contributed by atoms with E-state index >= 15 is 0 Å². The normalized spacial score (nSPS) is 23.1. The van der Waals surface area contributed by atoms with Crippen LogP contribution >= 0.6 is 23.4 Å². The van der Waals surface area contributed by atoms with E-state index in [0.717, 1.165) is 11.8 Å². The maximum Gasteiger partial charge on any atom is 0.341 e. The molecule has 1 heterocycles. The zero-order chi connectivity index (χ0) is 15.5. The Morgan fingerprint density at radius 1 is 1.57 bits per heavy atom. The number of ketones is 1. The Hall–Kier alpha value is -1.84. The molecule has 5 nitrogen and oxygen atoms in total. The maximum atomic E-state index is 12.1. The highest BCUT2D eigenvalue weighted by molar-refractivity contribution is 8.15. The highest BCUT2D eigenvalue weighted by atomic mass is 35.5. The molecule has 0 bridgehead atoms. The number of para-hydroxylation sites is 1. The molecule has 1 aromatic rings. The van der Waals surface area contributed by atoms with Crippen LogP contribution in [0.4, 0.5) is 5.69 Å². The van der Waals surface area contributed by atoms with Gasteiger partial charge in [-0.05, 0) is 19.1 Å². The largest absolute Gasteiger partial charge is 0.464 e. The summed E-state index contributed by atoms with van der Waals surface area (Å²) in [5.74, 6) is -1.39. The summed E-state index contributed by atoms with van der Waals surface area (Å²) in [4.78, 5) is 28.4. The molecule has 0 aliphatic carbocycles. The summed E-state index contributed by atoms with van der Waals surface area (Å²) in [7, 11) is 0. The van der Waals surface area contributed by atoms with Gasteiger partial charge in [0.25, 0.3) is 5.41 Å². The van der Waals surface area contributed by atoms with Gasteiger partial charge in [0, 0.05) is 0 Å². The topological polar surface area (TPSA) is 79.5 Å². The molecule has 1 aliphatic rings. The monoisotopic (exact) mass is 322 g/mol. The molecule has 0 aromatic heterocycles. The Morgan fingerprint density at radius 2 is 2.29 bits per heavy atom. The number of nitriles is 1. The average Bonchev–Trinajstić information content (AvgIpc) is 2.79. The minimum Gasteiger partial charge on any atom is -0.464 e. The van der Waals surface area contributed by atoms with E-state index in [9.17, 15) is 14.9 Å². The lowest BCUT2D eigenvalue weighted by Gasteiger charge is -2.17. The molecule has 0 radical (unpaired) electrons. The van der Waals surface area contributed by atoms with Gasteiger partial charge in [0.1, 0.15) is 5.04 Å². The standard InChI is InChI=1S/C14H11ClN2O3S/c1-2-20-13(19)14(8-16)11(18)7-21-12(14)17-10-6-4-3-5-9(10)15/h3-6H,2,7H2,1H3/t14-/m1/s1. The number of halogens is 1. The lowest BCUT2D eigenvalue weighted by molar-refractivity contribution is -0.151. The second-order valence-corrected chi connectivity index (χ2v) is 5.53. The molecule has 0 N–H and O–H groups in total. The molecule has 1 aliphatic heterocycles. The lowest BCUT2D eigenvalue weighted by Crippen LogP contribution is -2.41. The first-order valence-corrected chi connectivity index (χ1v) is 7.51. The van der Waals surface area contributed by atoms with Gasteiger partial charge in [-0.15, -0.1) is 11.8 Å². The Kier molecular flexibility index (Phi) is 4.66. The van der Waals surface area contributed by atoms with Crippen molar-refractivity contribution in [3.05, 3.63) is 29.3 Å². The molecule has 0 unspecified atom stereocenters. The van der Waals surface area contributed by atoms with Crippen LogP contribution in [0.15, 0.2) is 29.3 Å². The number of carbonyl (C=O) groups is 2. The van der Waals surface area contributed by atoms with Gasteiger partial charge in [-0.2, -0.15) is 5.26 Å². The zero-order valence-corrected chi connectivity index (χ0v) is 12.7. The molecular formula is C14H11ClN2O3S. The Labute approximate surface area is 130 Å². The van der Waals surface area contributed by atoms with E-state index in [4.69, 9.17) is 16.3 Å². The van der Waals surface area contributed by atoms with Crippen LogP contribution in [0.3, 0.4) is 0 Å². The van der Waals surface area contributed by atoms with Gasteiger partial charge >= 0.3 is 5.97 Å². The number of esters is 1. The molecule has 0 saturated carbocycles. The van der Waals surface area contributed by atoms with E-state index in [1.165, 1.54) is 0 Å². The number of benzene rings is 1. The quantitative estimate of drug-likeness (QED) is 0.631. The van der Waals surface area contributed by atoms with Gasteiger partial charge < -0.3 is 4.74 Å². The van der Waals surface area contributed by atoms with Gasteiger partial charge in [-0.1, -0.05) is 23.7 Å². The number of carbonyl (C=O) groups excluding carboxylic acids is 2. The number of rotatable bonds is 3. The van der Waals surface area contributed by atoms with E-state index in [-0.39, 0.29) is 17.4 Å². The minimum atomic E-state index is -1.97. The first kappa shape index (κ1) is 15.5. The molecule has 0 spiro atoms. The third-order valence-electron chi connectivity index (χ3n) is 2.90. The maximum absolute atomic E-state index is 12.1. The second kappa shape index (κ2) is 6.29. The molecule has 1 saturated heterocycles. The van der Waals surface area contributed by atoms with Crippen molar-refractivity contribution >= 4 is 45.8 Å². The summed E-state index contributed by atoms with van der Waals surface area (Å²) >= 11 is 7.07. The number of nitrogens with zero attached hydrogens (tertiary/aromatic N) is 2. The number of Topliss-reactive ketones (excluding diaryl/α,β-unsaturated/α-hetero) is 1. The van der Waals surface area contributed by atoms with Crippen LogP contribution in [-0.2, 0) is 14.3 Å². The summed E-state index contributed by atoms with van der Waals surface area (Å²) in [5, 5.41) is 9.89. The second-order valence-electron chi connectivity index (χ2n) is 4.16. The highest BCUT2D eigenvalue weighted by Gasteiger charge is 2.57. The van der Waals surface area contributed by atoms with Gasteiger partial charge in [0.05, 0.1) is 29.1 Å². The predicted octanol–water partition coefficient (Wildman–Crippen LogP) is 2.76. The van der Waals surface area contributed by atoms with Crippen LogP contribution in [0.5, 0.6) is 0 Å². The predicted molar refractivity (Wildman–Crippen MR) is 80.7 cm³/mol. The molecule has 1 aromatic carbocycles. The van der Waals surface area contributed by atoms with Crippen molar-refractivity contribution in [2.24, 2.45) is 10.4 Å². The summed E-state index contributed by atoms with van der Waals surface area (Å²) < 4.78 is 4.88. The highest BCUT2D eigenvalue weighted by Crippen LogP contribution is 2.39. The van der Waals surface area contributed by atoms with Gasteiger partial charge in [-0.25, -0.2) is 9.79 Å². The van der Waals surface area contributed by atoms with Crippen molar-refractivity contribution in [2.45, 2.75) is 6.92 Å². The SMILES string of the molecule is CCOC(=O)[C@]1(C#N)C(=O)CSC1=Nc1ccccc1Cl. The molecule has 0 amide bonds. The number of aliphatic imine (C=N–C) groups is 1. The lowest BCUT2D eigenvalue weighted by atomic mass is 9.87. The number of hydrogen-bond donors (Lipinski definition) is 0. The van der Waals surface area contributed by atoms with Crippen molar-refractivity contribution in [2.75, 3.05) is 12.4 Å². The van der Waals surface area contributed by atoms with Crippen LogP contribution in [0.2, 0.25) is 5.02 Å². The summed E-state index contributed by atoms with van der Waals surface area (Å²) in [6.45, 7) is 1.69. The fraction of sp³-hybridized carbons (Fsp3) is 0.286. The first-order chi connectivity index (χ1) is 10.1. The molecule has 21 heavy (non-hydrogen) atoms. The molecule has 1 atom stereocenters. The number of ether oxygens (including phenoxy) is 1. The van der Waals surface area contributed by atoms with E-state index in [1.54, 1.807) is 37.3 Å². The molecule has 2 rings (SSSR count). The smallest absolute Gasteiger partial charge is 0.341 e.